The second-order valence-electron chi connectivity index (χ2n) is 3.12. The van der Waals surface area contributed by atoms with Gasteiger partial charge in [0.15, 0.2) is 0 Å². The average Bonchev–Trinajstić information content (AvgIpc) is 2.29. The number of benzene rings is 1. The summed E-state index contributed by atoms with van der Waals surface area (Å²) in [6, 6.07) is 8.56. The van der Waals surface area contributed by atoms with Crippen LogP contribution in [0.25, 0.3) is 6.08 Å². The van der Waals surface area contributed by atoms with Gasteiger partial charge in [0.05, 0.1) is 0 Å². The van der Waals surface area contributed by atoms with Crippen LogP contribution in [0.5, 0.6) is 0 Å². The number of hydrogen-bond donors (Lipinski definition) is 0. The summed E-state index contributed by atoms with van der Waals surface area (Å²) < 4.78 is 0.247. The predicted molar refractivity (Wildman–Crippen MR) is 73.7 cm³/mol. The number of halogens is 2. The Morgan fingerprint density at radius 2 is 1.77 bits per heavy atom. The average molecular weight is 433 g/mol. The molecule has 1 atom stereocenters. The quantitative estimate of drug-likeness (QED) is 0.433. The molecule has 0 radical (unpaired) electrons. The molecule has 1 aliphatic carbocycles. The number of hydrogen-bond acceptors (Lipinski definition) is 0. The van der Waals surface area contributed by atoms with E-state index in [9.17, 15) is 0 Å². The first-order valence-electron chi connectivity index (χ1n) is 3.74. The molecule has 13 heavy (non-hydrogen) atoms. The second kappa shape index (κ2) is 5.28. The third kappa shape index (κ3) is 2.80. The fourth-order valence-electron chi connectivity index (χ4n) is 1.46. The molecule has 0 aromatic heterocycles. The molecule has 0 heterocycles. The van der Waals surface area contributed by atoms with Gasteiger partial charge >= 0.3 is 78.6 Å². The summed E-state index contributed by atoms with van der Waals surface area (Å²) in [5.74, 6) is 0. The monoisotopic (exact) mass is 433 g/mol. The van der Waals surface area contributed by atoms with Crippen molar-refractivity contribution in [2.24, 2.45) is 0 Å². The molecule has 0 fully saturated rings. The molecule has 0 bridgehead atoms. The van der Waals surface area contributed by atoms with Crippen LogP contribution in [0.4, 0.5) is 0 Å². The van der Waals surface area contributed by atoms with Gasteiger partial charge in [-0.05, 0) is 0 Å². The van der Waals surface area contributed by atoms with Gasteiger partial charge in [0.2, 0.25) is 0 Å². The molecule has 1 aromatic carbocycles. The normalized spacial score (nSPS) is 22.8. The van der Waals surface area contributed by atoms with Crippen molar-refractivity contribution in [3.63, 3.8) is 0 Å². The van der Waals surface area contributed by atoms with Gasteiger partial charge in [-0.3, -0.25) is 0 Å². The fourth-order valence-corrected chi connectivity index (χ4v) is 1.95. The number of rotatable bonds is 0. The topological polar surface area (TPSA) is 0 Å². The van der Waals surface area contributed by atoms with Crippen molar-refractivity contribution < 1.29 is 20.4 Å². The van der Waals surface area contributed by atoms with Gasteiger partial charge in [0, 0.05) is 0 Å². The maximum absolute atomic E-state index is 2.26. The zero-order valence-corrected chi connectivity index (χ0v) is 13.5. The van der Waals surface area contributed by atoms with Crippen molar-refractivity contribution in [2.75, 3.05) is 0 Å². The molecule has 1 aliphatic rings. The van der Waals surface area contributed by atoms with Gasteiger partial charge in [0.1, 0.15) is 0 Å². The Hall–Kier alpha value is 1.13. The fraction of sp³-hybridized carbons (Fsp3) is 0.200. The van der Waals surface area contributed by atoms with Crippen LogP contribution in [-0.2, 0) is 24.2 Å². The Balaban J connectivity index is 0.000000720. The minimum atomic E-state index is 0. The van der Waals surface area contributed by atoms with E-state index in [0.29, 0.717) is 0 Å². The summed E-state index contributed by atoms with van der Waals surface area (Å²) in [5.41, 5.74) is 2.82. The van der Waals surface area contributed by atoms with Crippen LogP contribution in [0.2, 0.25) is 0 Å². The predicted octanol–water partition coefficient (Wildman–Crippen LogP) is 3.71. The molecular formula is C10H11I2Ti. The zero-order valence-electron chi connectivity index (χ0n) is 7.28. The minimum Gasteiger partial charge on any atom is -0.107 e. The van der Waals surface area contributed by atoms with Gasteiger partial charge in [0.25, 0.3) is 0 Å². The molecule has 0 nitrogen and oxygen atoms in total. The van der Waals surface area contributed by atoms with Crippen molar-refractivity contribution in [3.05, 3.63) is 41.5 Å². The third-order valence-corrected chi connectivity index (χ3v) is 2.80. The molecule has 0 N–H and O–H groups in total. The Bertz CT molecular complexity index is 318. The van der Waals surface area contributed by atoms with Crippen LogP contribution in [0, 0.1) is 0 Å². The van der Waals surface area contributed by atoms with Gasteiger partial charge in [-0.1, -0.05) is 0 Å². The van der Waals surface area contributed by atoms with Gasteiger partial charge < -0.3 is 0 Å². The van der Waals surface area contributed by atoms with Crippen molar-refractivity contribution in [2.45, 2.75) is 10.6 Å². The smallest absolute Gasteiger partial charge is 0.107 e. The second-order valence-corrected chi connectivity index (χ2v) is 4.74. The number of allylic oxidation sites excluding steroid dienone is 1. The van der Waals surface area contributed by atoms with E-state index in [2.05, 4.69) is 63.8 Å². The van der Waals surface area contributed by atoms with Crippen molar-refractivity contribution in [3.8, 4) is 0 Å². The van der Waals surface area contributed by atoms with Crippen molar-refractivity contribution in [1.82, 2.24) is 0 Å². The first-order valence-corrected chi connectivity index (χ1v) is 4.52. The summed E-state index contributed by atoms with van der Waals surface area (Å²) in [6.07, 6.45) is 4.47. The summed E-state index contributed by atoms with van der Waals surface area (Å²) in [4.78, 5) is 0. The maximum Gasteiger partial charge on any atom is -0.107 e. The summed E-state index contributed by atoms with van der Waals surface area (Å²) in [6.45, 7) is 2.25. The Morgan fingerprint density at radius 3 is 2.38 bits per heavy atom. The minimum absolute atomic E-state index is 0. The first-order chi connectivity index (χ1) is 5.20. The zero-order chi connectivity index (χ0) is 7.90. The van der Waals surface area contributed by atoms with Crippen LogP contribution < -0.4 is 0 Å². The molecule has 69 valence electrons. The van der Waals surface area contributed by atoms with E-state index in [1.807, 2.05) is 0 Å². The molecule has 0 amide bonds. The van der Waals surface area contributed by atoms with E-state index in [4.69, 9.17) is 0 Å². The summed E-state index contributed by atoms with van der Waals surface area (Å²) in [5, 5.41) is 0. The molecular weight excluding hydrogens is 422 g/mol. The van der Waals surface area contributed by atoms with Crippen molar-refractivity contribution in [1.29, 1.82) is 0 Å². The van der Waals surface area contributed by atoms with Crippen LogP contribution in [0.3, 0.4) is 0 Å². The van der Waals surface area contributed by atoms with E-state index in [-0.39, 0.29) is 51.7 Å². The van der Waals surface area contributed by atoms with Crippen LogP contribution >= 0.6 is 48.0 Å². The third-order valence-electron chi connectivity index (χ3n) is 2.12. The number of fused-ring (bicyclic) bond motifs is 1. The molecule has 1 unspecified atom stereocenters. The Labute approximate surface area is 125 Å². The molecule has 2 rings (SSSR count). The molecule has 0 spiro atoms. The largest absolute Gasteiger partial charge is 0.107 e. The van der Waals surface area contributed by atoms with Gasteiger partial charge in [-0.25, -0.2) is 0 Å². The summed E-state index contributed by atoms with van der Waals surface area (Å²) in [7, 11) is 0. The van der Waals surface area contributed by atoms with Crippen LogP contribution in [0.1, 0.15) is 18.1 Å². The Kier molecular flexibility index (Phi) is 5.74. The molecule has 1 aromatic rings. The van der Waals surface area contributed by atoms with E-state index in [0.717, 1.165) is 0 Å². The molecule has 0 saturated heterocycles. The van der Waals surface area contributed by atoms with E-state index in [1.165, 1.54) is 11.1 Å². The molecule has 0 aliphatic heterocycles. The maximum atomic E-state index is 2.26. The molecule has 0 saturated carbocycles. The standard InChI is InChI=1S/C10H9.2HI.Ti/c1-8-6-7-9-4-2-3-5-10(8)9;;;/h2-7H,1H3;2*1H;. The SMILES string of the molecule is C[C]1([Ti])C=Cc2ccccc21.I.I. The molecule has 3 heteroatoms. The van der Waals surface area contributed by atoms with Crippen LogP contribution in [0.15, 0.2) is 30.3 Å². The Morgan fingerprint density at radius 1 is 1.15 bits per heavy atom. The van der Waals surface area contributed by atoms with Crippen LogP contribution in [-0.4, -0.2) is 0 Å². The van der Waals surface area contributed by atoms with Gasteiger partial charge in [-0.2, -0.15) is 0 Å². The van der Waals surface area contributed by atoms with E-state index >= 15 is 0 Å². The first kappa shape index (κ1) is 14.1. The van der Waals surface area contributed by atoms with E-state index in [1.54, 1.807) is 0 Å². The van der Waals surface area contributed by atoms with Crippen molar-refractivity contribution >= 4 is 54.0 Å². The van der Waals surface area contributed by atoms with E-state index < -0.39 is 0 Å². The van der Waals surface area contributed by atoms with Gasteiger partial charge in [-0.15, -0.1) is 48.0 Å². The summed E-state index contributed by atoms with van der Waals surface area (Å²) >= 11 is 2.25.